The predicted octanol–water partition coefficient (Wildman–Crippen LogP) is 4.24. The highest BCUT2D eigenvalue weighted by molar-refractivity contribution is 8.00. The van der Waals surface area contributed by atoms with Gasteiger partial charge in [0, 0.05) is 11.9 Å². The summed E-state index contributed by atoms with van der Waals surface area (Å²) >= 11 is 2.74. The molecule has 1 atom stereocenters. The minimum absolute atomic E-state index is 0.148. The molecular weight excluding hydrogens is 408 g/mol. The van der Waals surface area contributed by atoms with Crippen molar-refractivity contribution in [2.45, 2.75) is 44.1 Å². The highest BCUT2D eigenvalue weighted by Gasteiger charge is 2.22. The molecule has 0 fully saturated rings. The van der Waals surface area contributed by atoms with Gasteiger partial charge in [0.1, 0.15) is 10.6 Å². The zero-order valence-electron chi connectivity index (χ0n) is 16.2. The maximum Gasteiger partial charge on any atom is 0.239 e. The summed E-state index contributed by atoms with van der Waals surface area (Å²) in [4.78, 5) is 12.5. The molecule has 3 heterocycles. The Hall–Kier alpha value is -2.72. The highest BCUT2D eigenvalue weighted by atomic mass is 32.2. The third-order valence-corrected chi connectivity index (χ3v) is 6.39. The van der Waals surface area contributed by atoms with Crippen LogP contribution in [-0.2, 0) is 17.8 Å². The molecule has 0 bridgehead atoms. The summed E-state index contributed by atoms with van der Waals surface area (Å²) in [6.45, 7) is 6.50. The summed E-state index contributed by atoms with van der Waals surface area (Å²) < 4.78 is 7.88. The molecule has 1 aromatic carbocycles. The maximum absolute atomic E-state index is 12.5. The van der Waals surface area contributed by atoms with Gasteiger partial charge in [0.05, 0.1) is 5.25 Å². The molecule has 0 saturated heterocycles. The first-order valence-corrected chi connectivity index (χ1v) is 11.0. The molecule has 0 aliphatic carbocycles. The summed E-state index contributed by atoms with van der Waals surface area (Å²) in [6, 6.07) is 9.77. The number of rotatable bonds is 7. The van der Waals surface area contributed by atoms with E-state index < -0.39 is 0 Å². The summed E-state index contributed by atoms with van der Waals surface area (Å²) in [6.07, 6.45) is 0.794. The third kappa shape index (κ3) is 4.03. The van der Waals surface area contributed by atoms with Gasteiger partial charge in [-0.05, 0) is 32.4 Å². The molecule has 0 radical (unpaired) electrons. The molecule has 0 aliphatic rings. The smallest absolute Gasteiger partial charge is 0.239 e. The maximum atomic E-state index is 12.5. The fourth-order valence-corrected chi connectivity index (χ4v) is 4.40. The van der Waals surface area contributed by atoms with E-state index in [0.717, 1.165) is 22.4 Å². The lowest BCUT2D eigenvalue weighted by Crippen LogP contribution is -2.22. The lowest BCUT2D eigenvalue weighted by molar-refractivity contribution is -0.115. The number of anilines is 1. The molecule has 4 aromatic rings. The molecule has 0 unspecified atom stereocenters. The number of carbonyl (C=O) groups is 1. The van der Waals surface area contributed by atoms with E-state index in [2.05, 4.69) is 25.7 Å². The molecule has 150 valence electrons. The van der Waals surface area contributed by atoms with Crippen molar-refractivity contribution in [3.8, 4) is 11.6 Å². The Morgan fingerprint density at radius 1 is 1.24 bits per heavy atom. The van der Waals surface area contributed by atoms with Crippen LogP contribution in [0.1, 0.15) is 25.8 Å². The number of nitrogens with zero attached hydrogens (tertiary/aromatic N) is 5. The van der Waals surface area contributed by atoms with E-state index in [-0.39, 0.29) is 11.2 Å². The zero-order chi connectivity index (χ0) is 20.4. The number of para-hydroxylation sites is 1. The number of furan rings is 1. The van der Waals surface area contributed by atoms with E-state index >= 15 is 0 Å². The van der Waals surface area contributed by atoms with Crippen molar-refractivity contribution in [1.29, 1.82) is 0 Å². The number of carbonyl (C=O) groups excluding carboxylic acids is 1. The second-order valence-electron chi connectivity index (χ2n) is 6.30. The van der Waals surface area contributed by atoms with Crippen LogP contribution < -0.4 is 5.32 Å². The fraction of sp³-hybridized carbons (Fsp3) is 0.316. The lowest BCUT2D eigenvalue weighted by atomic mass is 10.2. The largest absolute Gasteiger partial charge is 0.453 e. The summed E-state index contributed by atoms with van der Waals surface area (Å²) in [5.74, 6) is 1.16. The van der Waals surface area contributed by atoms with E-state index in [0.29, 0.717) is 28.4 Å². The Morgan fingerprint density at radius 2 is 2.07 bits per heavy atom. The summed E-state index contributed by atoms with van der Waals surface area (Å²) in [7, 11) is 0. The average molecular weight is 429 g/mol. The van der Waals surface area contributed by atoms with E-state index in [1.165, 1.54) is 23.1 Å². The molecule has 1 N–H and O–H groups in total. The zero-order valence-corrected chi connectivity index (χ0v) is 17.9. The Morgan fingerprint density at radius 3 is 2.79 bits per heavy atom. The normalized spacial score (nSPS) is 12.4. The number of hydrogen-bond donors (Lipinski definition) is 1. The van der Waals surface area contributed by atoms with E-state index in [4.69, 9.17) is 4.42 Å². The molecule has 29 heavy (non-hydrogen) atoms. The molecule has 3 aromatic heterocycles. The average Bonchev–Trinajstić information content (AvgIpc) is 3.45. The topological polar surface area (TPSA) is 98.7 Å². The fourth-order valence-electron chi connectivity index (χ4n) is 2.80. The van der Waals surface area contributed by atoms with Crippen molar-refractivity contribution in [2.75, 3.05) is 5.32 Å². The molecule has 4 rings (SSSR count). The second-order valence-corrected chi connectivity index (χ2v) is 8.67. The van der Waals surface area contributed by atoms with E-state index in [9.17, 15) is 4.79 Å². The van der Waals surface area contributed by atoms with Crippen LogP contribution >= 0.6 is 23.1 Å². The van der Waals surface area contributed by atoms with Crippen LogP contribution in [0.25, 0.3) is 22.6 Å². The third-order valence-electron chi connectivity index (χ3n) is 4.33. The SMILES string of the molecule is CCc1nnc(NC(=O)[C@@H](C)Sc2nnc(-c3cc4ccccc4o3)n2CC)s1. The van der Waals surface area contributed by atoms with Crippen molar-refractivity contribution in [2.24, 2.45) is 0 Å². The molecular formula is C19H20N6O2S2. The van der Waals surface area contributed by atoms with Crippen molar-refractivity contribution in [1.82, 2.24) is 25.0 Å². The Kier molecular flexibility index (Phi) is 5.63. The van der Waals surface area contributed by atoms with Gasteiger partial charge in [0.25, 0.3) is 0 Å². The van der Waals surface area contributed by atoms with Gasteiger partial charge in [0.2, 0.25) is 16.9 Å². The quantitative estimate of drug-likeness (QED) is 0.439. The first-order valence-electron chi connectivity index (χ1n) is 9.31. The molecule has 8 nitrogen and oxygen atoms in total. The predicted molar refractivity (Wildman–Crippen MR) is 114 cm³/mol. The molecule has 10 heteroatoms. The molecule has 1 amide bonds. The number of thioether (sulfide) groups is 1. The number of nitrogens with one attached hydrogen (secondary N) is 1. The van der Waals surface area contributed by atoms with Crippen LogP contribution in [0.3, 0.4) is 0 Å². The van der Waals surface area contributed by atoms with Crippen LogP contribution in [0.4, 0.5) is 5.13 Å². The highest BCUT2D eigenvalue weighted by Crippen LogP contribution is 2.31. The van der Waals surface area contributed by atoms with Crippen LogP contribution in [0, 0.1) is 0 Å². The van der Waals surface area contributed by atoms with Gasteiger partial charge in [-0.25, -0.2) is 0 Å². The van der Waals surface area contributed by atoms with Gasteiger partial charge in [0.15, 0.2) is 10.9 Å². The summed E-state index contributed by atoms with van der Waals surface area (Å²) in [5.41, 5.74) is 0.804. The monoisotopic (exact) mass is 428 g/mol. The first-order chi connectivity index (χ1) is 14.1. The molecule has 0 saturated carbocycles. The van der Waals surface area contributed by atoms with E-state index in [1.807, 2.05) is 55.7 Å². The lowest BCUT2D eigenvalue weighted by Gasteiger charge is -2.11. The van der Waals surface area contributed by atoms with Gasteiger partial charge < -0.3 is 4.42 Å². The van der Waals surface area contributed by atoms with Crippen LogP contribution in [-0.4, -0.2) is 36.1 Å². The van der Waals surface area contributed by atoms with Crippen molar-refractivity contribution in [3.05, 3.63) is 35.3 Å². The number of benzene rings is 1. The Labute approximate surface area is 175 Å². The van der Waals surface area contributed by atoms with Gasteiger partial charge >= 0.3 is 0 Å². The van der Waals surface area contributed by atoms with Gasteiger partial charge in [-0.2, -0.15) is 0 Å². The number of fused-ring (bicyclic) bond motifs is 1. The molecule has 0 aliphatic heterocycles. The Bertz CT molecular complexity index is 1120. The summed E-state index contributed by atoms with van der Waals surface area (Å²) in [5, 5.41) is 22.1. The number of aryl methyl sites for hydroxylation is 1. The first kappa shape index (κ1) is 19.6. The van der Waals surface area contributed by atoms with Crippen molar-refractivity contribution in [3.63, 3.8) is 0 Å². The van der Waals surface area contributed by atoms with Crippen LogP contribution in [0.5, 0.6) is 0 Å². The minimum atomic E-state index is -0.373. The number of amides is 1. The standard InChI is InChI=1S/C19H20N6O2S2/c1-4-15-21-23-18(29-15)20-17(26)11(3)28-19-24-22-16(25(19)5-2)14-10-12-8-6-7-9-13(12)27-14/h6-11H,4-5H2,1-3H3,(H,20,23,26)/t11-/m1/s1. The van der Waals surface area contributed by atoms with Gasteiger partial charge in [-0.15, -0.1) is 20.4 Å². The molecule has 0 spiro atoms. The van der Waals surface area contributed by atoms with Crippen LogP contribution in [0.2, 0.25) is 0 Å². The van der Waals surface area contributed by atoms with Gasteiger partial charge in [-0.1, -0.05) is 48.2 Å². The van der Waals surface area contributed by atoms with Crippen LogP contribution in [0.15, 0.2) is 39.9 Å². The van der Waals surface area contributed by atoms with Crippen molar-refractivity contribution < 1.29 is 9.21 Å². The van der Waals surface area contributed by atoms with Gasteiger partial charge in [-0.3, -0.25) is 14.7 Å². The number of hydrogen-bond acceptors (Lipinski definition) is 8. The Balaban J connectivity index is 1.52. The minimum Gasteiger partial charge on any atom is -0.453 e. The van der Waals surface area contributed by atoms with E-state index in [1.54, 1.807) is 0 Å². The number of aromatic nitrogens is 5. The second kappa shape index (κ2) is 8.34. The van der Waals surface area contributed by atoms with Crippen molar-refractivity contribution >= 4 is 45.1 Å².